The smallest absolute Gasteiger partial charge is 0.356 e. The number of benzene rings is 2. The van der Waals surface area contributed by atoms with Gasteiger partial charge in [-0.25, -0.2) is 58.6 Å². The minimum absolute atomic E-state index is 0. The van der Waals surface area contributed by atoms with Crippen LogP contribution < -0.4 is 10.6 Å². The van der Waals surface area contributed by atoms with Gasteiger partial charge in [0.15, 0.2) is 24.8 Å². The van der Waals surface area contributed by atoms with Crippen molar-refractivity contribution in [2.75, 3.05) is 37.1 Å². The van der Waals surface area contributed by atoms with E-state index in [1.165, 1.54) is 0 Å². The molecule has 4 aliphatic rings. The quantitative estimate of drug-likeness (QED) is 0.0166. The van der Waals surface area contributed by atoms with Crippen LogP contribution in [0.5, 0.6) is 0 Å². The van der Waals surface area contributed by atoms with E-state index >= 15 is 0 Å². The number of anilines is 2. The monoisotopic (exact) mass is 2510 g/mol. The molecule has 6 rings (SSSR count). The van der Waals surface area contributed by atoms with Gasteiger partial charge in [-0.2, -0.15) is 118 Å². The zero-order valence-corrected chi connectivity index (χ0v) is 117. The van der Waals surface area contributed by atoms with Gasteiger partial charge in [0.05, 0.1) is 26.4 Å². The summed E-state index contributed by atoms with van der Waals surface area (Å²) in [6.45, 7) is -7.46. The maximum Gasteiger partial charge on any atom is 0.397 e. The van der Waals surface area contributed by atoms with Gasteiger partial charge in [0.1, 0.15) is 96.3 Å². The van der Waals surface area contributed by atoms with Crippen LogP contribution >= 0.6 is 23.5 Å². The molecule has 14 radical (unpaired) electrons. The molecule has 66 nitrogen and oxygen atoms in total. The molecule has 0 unspecified atom stereocenters. The molecule has 4 aliphatic heterocycles. The molecule has 142 heavy (non-hydrogen) atoms. The molecule has 2 aromatic carbocycles. The second-order valence-electron chi connectivity index (χ2n) is 25.1. The van der Waals surface area contributed by atoms with Crippen molar-refractivity contribution in [2.24, 2.45) is 0 Å². The van der Waals surface area contributed by atoms with Gasteiger partial charge < -0.3 is 39.1 Å². The van der Waals surface area contributed by atoms with Crippen molar-refractivity contribution in [1.29, 1.82) is 0 Å². The Morgan fingerprint density at radius 3 is 0.634 bits per heavy atom. The molecule has 756 valence electrons. The van der Waals surface area contributed by atoms with Crippen molar-refractivity contribution in [3.8, 4) is 0 Å². The van der Waals surface area contributed by atoms with E-state index in [0.29, 0.717) is 25.7 Å². The third-order valence-corrected chi connectivity index (χ3v) is 24.3. The minimum Gasteiger partial charge on any atom is -0.356 e. The maximum atomic E-state index is 13.1. The number of carbonyl (C=O) groups is 2. The van der Waals surface area contributed by atoms with E-state index in [0.717, 1.165) is 48.5 Å². The predicted octanol–water partition coefficient (Wildman–Crippen LogP) is -10.9. The van der Waals surface area contributed by atoms with Crippen LogP contribution in [0.1, 0.15) is 51.4 Å². The van der Waals surface area contributed by atoms with Crippen LogP contribution in [-0.4, -0.2) is 755 Å². The Bertz CT molecular complexity index is 5600. The van der Waals surface area contributed by atoms with Gasteiger partial charge >= 0.3 is 146 Å². The Balaban J connectivity index is -0.00000180. The molecule has 0 spiro atoms. The molecule has 16 N–H and O–H groups in total. The molecule has 2 amide bonds. The summed E-state index contributed by atoms with van der Waals surface area (Å²) in [4.78, 5) is 25.7. The Hall–Kier alpha value is 10.0. The number of hydrogen-bond donors (Lipinski definition) is 16. The molecule has 0 aromatic heterocycles. The van der Waals surface area contributed by atoms with Crippen LogP contribution in [0.3, 0.4) is 0 Å². The number of nitrogens with one attached hydrogen (secondary N) is 2. The molecule has 2 aromatic rings. The van der Waals surface area contributed by atoms with Crippen LogP contribution in [-0.2, 0) is 242 Å². The second-order valence-corrected chi connectivity index (χ2v) is 42.3. The van der Waals surface area contributed by atoms with E-state index in [4.69, 9.17) is 28.4 Å². The Morgan fingerprint density at radius 1 is 0.239 bits per heavy atom. The number of amides is 2. The molecule has 4 saturated heterocycles. The fourth-order valence-electron chi connectivity index (χ4n) is 11.4. The summed E-state index contributed by atoms with van der Waals surface area (Å²) in [5.74, 6) is -1.25. The first-order valence-corrected chi connectivity index (χ1v) is 53.9. The van der Waals surface area contributed by atoms with Gasteiger partial charge in [0.25, 0.3) is 0 Å². The summed E-state index contributed by atoms with van der Waals surface area (Å²) in [6, 6.07) is 8.95. The van der Waals surface area contributed by atoms with E-state index in [9.17, 15) is 191 Å². The van der Waals surface area contributed by atoms with Gasteiger partial charge in [0.2, 0.25) is 11.8 Å². The fourth-order valence-corrected chi connectivity index (χ4v) is 20.0. The van der Waals surface area contributed by atoms with Crippen LogP contribution in [0, 0.1) is 0 Å². The van der Waals surface area contributed by atoms with Crippen molar-refractivity contribution >= 4 is 606 Å². The molecule has 4 fully saturated rings. The van der Waals surface area contributed by atoms with E-state index in [1.807, 2.05) is 0 Å². The third-order valence-electron chi connectivity index (χ3n) is 15.6. The number of thioether (sulfide) groups is 2. The number of rotatable bonds is 51. The van der Waals surface area contributed by atoms with E-state index in [2.05, 4.69) is 69.2 Å². The molecular formula is C46H68N2Na14O64S16. The number of hydrogen-bond acceptors (Lipinski definition) is 52. The Kier molecular flexibility index (Phi) is 86.9. The first-order valence-electron chi connectivity index (χ1n) is 33.0. The SMILES string of the molecule is O=C(CCCCCCCCC(=O)Nc1ccc(S[C@@H]2O[C@H](COS(=O)(=O)O)[C@@H](O[C@H]3O[C@H](COS(=O)(=O)O)[C@@H](OS(=O)(=O)O)[C@H](OS(=O)(=O)O)[C@H]3OS(=O)(=O)O)[C@H](OS(=O)(=O)O)[C@H]2OS(=O)(=O)O)cc1)Nc1ccc(S[C@@H]2O[C@H](COS(=O)(=O)O)[C@@H](O[C@H]3O[C@H](COS(=O)(=O)O)[C@@H](OS(=O)(=O)O)[C@H](OS(=O)(=O)O)[C@H]3OS(=O)(=O)O)[C@H](OS(=O)(=O)O)[C@H]2OS(=O)(=O)O)cc1.[Na].[Na].[Na].[Na].[Na].[Na].[Na].[Na].[Na].[Na].[Na].[Na].[Na].[Na]. The summed E-state index contributed by atoms with van der Waals surface area (Å²) in [5.41, 5.74) is -4.71. The van der Waals surface area contributed by atoms with Gasteiger partial charge in [-0.1, -0.05) is 49.2 Å². The second kappa shape index (κ2) is 72.8. The number of ether oxygens (including phenoxy) is 6. The Morgan fingerprint density at radius 2 is 0.423 bits per heavy atom. The van der Waals surface area contributed by atoms with E-state index < -0.39 is 305 Å². The third kappa shape index (κ3) is 69.4. The summed E-state index contributed by atoms with van der Waals surface area (Å²) in [5, 5.41) is 5.03. The molecule has 96 heteroatoms. The molecule has 4 heterocycles. The zero-order chi connectivity index (χ0) is 97.1. The van der Waals surface area contributed by atoms with Crippen molar-refractivity contribution in [3.05, 3.63) is 48.5 Å². The van der Waals surface area contributed by atoms with E-state index in [1.54, 1.807) is 0 Å². The standard InChI is InChI=1S/C46H68N2O64S16.14Na/c49-29(47-21-9-13-23(14-10-21)113-45-41(111-127(87,88)89)35(105-121(69,70)71)31(25(99-45)17-93-115(51,52)53)101-43-39(109-125(81,82)83)37(107-123(75,76)77)33(103-119(63,64)65)27(97-43)19-95-117(57,58)59)7-5-3-1-2-4-6-8-30(50)48-22-11-15-24(16-12-22)114-46-42(112-128(90,91)92)36(106-122(72,73)74)32(26(100-46)18-94-116(54,55)56)102-44-40(110-126(84,85)86)38(108-124(78,79)80)34(104-120(66,67)68)28(98-44)20-96-118(60,61)62;;;;;;;;;;;;;;/h9-16,25-28,31-46H,1-8,17-20H2,(H,47,49)(H,48,50)(H,51,52,53)(H,54,55,56)(H,57,58,59)(H,60,61,62)(H,63,64,65)(H,66,67,68)(H,69,70,71)(H,72,73,74)(H,75,76,77)(H,78,79,80)(H,81,82,83)(H,84,85,86)(H,87,88,89)(H,90,91,92);;;;;;;;;;;;;;/t25-,26-,27-,28-,31-,32-,33-,34-,35+,36+,37+,38+,39-,40-,41-,42-,43-,44-,45+,46+;;;;;;;;;;;;;;/m1............../s1. The van der Waals surface area contributed by atoms with Gasteiger partial charge in [0, 0.05) is 448 Å². The maximum absolute atomic E-state index is 13.1. The summed E-state index contributed by atoms with van der Waals surface area (Å²) < 4.78 is 568. The molecule has 20 atom stereocenters. The van der Waals surface area contributed by atoms with Crippen molar-refractivity contribution in [2.45, 2.75) is 182 Å². The van der Waals surface area contributed by atoms with Gasteiger partial charge in [-0.05, 0) is 61.4 Å². The molecule has 0 bridgehead atoms. The summed E-state index contributed by atoms with van der Waals surface area (Å²) in [6.07, 6.45) is -53.9. The van der Waals surface area contributed by atoms with Crippen LogP contribution in [0.2, 0.25) is 0 Å². The van der Waals surface area contributed by atoms with Gasteiger partial charge in [-0.15, -0.1) is 0 Å². The van der Waals surface area contributed by atoms with Gasteiger partial charge in [-0.3, -0.25) is 73.3 Å². The topological polar surface area (TPSA) is 1000 Å². The molecule has 0 saturated carbocycles. The van der Waals surface area contributed by atoms with E-state index in [-0.39, 0.29) is 484 Å². The van der Waals surface area contributed by atoms with Crippen molar-refractivity contribution in [3.63, 3.8) is 0 Å². The molecule has 0 aliphatic carbocycles. The summed E-state index contributed by atoms with van der Waals surface area (Å²) in [7, 11) is -84.8. The fraction of sp³-hybridized carbons (Fsp3) is 0.696. The zero-order valence-electron chi connectivity index (χ0n) is 75.9. The summed E-state index contributed by atoms with van der Waals surface area (Å²) >= 11 is 0.369. The first kappa shape index (κ1) is 170. The number of carbonyl (C=O) groups excluding carboxylic acids is 2. The Labute approximate surface area is 1130 Å². The normalized spacial score (nSPS) is 25.2. The average molecular weight is 2510 g/mol. The first-order chi connectivity index (χ1) is 57.9. The van der Waals surface area contributed by atoms with Crippen LogP contribution in [0.4, 0.5) is 11.4 Å². The largest absolute Gasteiger partial charge is 0.397 e. The number of unbranched alkanes of at least 4 members (excludes halogenated alkanes) is 5. The molecular weight excluding hydrogens is 2440 g/mol. The average Bonchev–Trinajstić information content (AvgIpc) is 0.754. The minimum atomic E-state index is -6.26. The predicted molar refractivity (Wildman–Crippen MR) is 478 cm³/mol. The van der Waals surface area contributed by atoms with Crippen molar-refractivity contribution in [1.82, 2.24) is 0 Å². The van der Waals surface area contributed by atoms with Crippen LogP contribution in [0.25, 0.3) is 0 Å². The van der Waals surface area contributed by atoms with Crippen LogP contribution in [0.15, 0.2) is 58.3 Å². The van der Waals surface area contributed by atoms with Crippen molar-refractivity contribution < 1.29 is 278 Å².